The van der Waals surface area contributed by atoms with Gasteiger partial charge in [0, 0.05) is 18.4 Å². The van der Waals surface area contributed by atoms with Gasteiger partial charge in [-0.1, -0.05) is 18.0 Å². The number of fused-ring (bicyclic) bond motifs is 2. The first-order valence-corrected chi connectivity index (χ1v) is 8.44. The van der Waals surface area contributed by atoms with Crippen molar-refractivity contribution in [3.8, 4) is 0 Å². The second-order valence-corrected chi connectivity index (χ2v) is 7.01. The van der Waals surface area contributed by atoms with E-state index in [4.69, 9.17) is 4.52 Å². The molecule has 1 aromatic rings. The standard InChI is InChI=1S/C16H25N3O/c1-2-8-17-13(3-1)6-7-15-18-16(19-20-15)14-10-11-4-5-12(14)9-11/h11-14,17H,1-10H2. The molecule has 2 bridgehead atoms. The van der Waals surface area contributed by atoms with E-state index in [0.29, 0.717) is 12.0 Å². The summed E-state index contributed by atoms with van der Waals surface area (Å²) >= 11 is 0. The molecule has 20 heavy (non-hydrogen) atoms. The Hall–Kier alpha value is -0.900. The van der Waals surface area contributed by atoms with Crippen LogP contribution in [0.15, 0.2) is 4.52 Å². The summed E-state index contributed by atoms with van der Waals surface area (Å²) in [6.07, 6.45) is 11.6. The molecule has 2 saturated carbocycles. The molecule has 4 heteroatoms. The molecule has 2 aliphatic carbocycles. The van der Waals surface area contributed by atoms with Gasteiger partial charge in [0.1, 0.15) is 0 Å². The Morgan fingerprint density at radius 3 is 2.90 bits per heavy atom. The summed E-state index contributed by atoms with van der Waals surface area (Å²) in [6.45, 7) is 1.17. The zero-order chi connectivity index (χ0) is 13.4. The van der Waals surface area contributed by atoms with Crippen molar-refractivity contribution in [2.45, 2.75) is 69.7 Å². The maximum Gasteiger partial charge on any atom is 0.226 e. The first-order valence-electron chi connectivity index (χ1n) is 8.44. The molecular weight excluding hydrogens is 250 g/mol. The van der Waals surface area contributed by atoms with Crippen molar-refractivity contribution in [1.29, 1.82) is 0 Å². The Kier molecular flexibility index (Phi) is 3.51. The Morgan fingerprint density at radius 2 is 2.15 bits per heavy atom. The van der Waals surface area contributed by atoms with Crippen molar-refractivity contribution < 1.29 is 4.52 Å². The summed E-state index contributed by atoms with van der Waals surface area (Å²) in [5.41, 5.74) is 0. The zero-order valence-corrected chi connectivity index (χ0v) is 12.2. The van der Waals surface area contributed by atoms with Gasteiger partial charge >= 0.3 is 0 Å². The van der Waals surface area contributed by atoms with Crippen LogP contribution in [0.1, 0.15) is 69.0 Å². The molecule has 1 N–H and O–H groups in total. The molecular formula is C16H25N3O. The largest absolute Gasteiger partial charge is 0.339 e. The maximum absolute atomic E-state index is 5.49. The number of rotatable bonds is 4. The third-order valence-corrected chi connectivity index (χ3v) is 5.67. The van der Waals surface area contributed by atoms with E-state index in [1.807, 2.05) is 0 Å². The average Bonchev–Trinajstić information content (AvgIpc) is 3.22. The lowest BCUT2D eigenvalue weighted by molar-refractivity contribution is 0.333. The fraction of sp³-hybridized carbons (Fsp3) is 0.875. The summed E-state index contributed by atoms with van der Waals surface area (Å²) in [5, 5.41) is 7.86. The summed E-state index contributed by atoms with van der Waals surface area (Å²) < 4.78 is 5.49. The number of piperidine rings is 1. The molecule has 1 aliphatic heterocycles. The van der Waals surface area contributed by atoms with Crippen LogP contribution in [0.5, 0.6) is 0 Å². The highest BCUT2D eigenvalue weighted by molar-refractivity contribution is 5.06. The lowest BCUT2D eigenvalue weighted by Gasteiger charge is -2.22. The van der Waals surface area contributed by atoms with Crippen molar-refractivity contribution >= 4 is 0 Å². The minimum Gasteiger partial charge on any atom is -0.339 e. The molecule has 0 aromatic carbocycles. The van der Waals surface area contributed by atoms with Crippen molar-refractivity contribution in [2.24, 2.45) is 11.8 Å². The van der Waals surface area contributed by atoms with E-state index < -0.39 is 0 Å². The van der Waals surface area contributed by atoms with Gasteiger partial charge < -0.3 is 9.84 Å². The Morgan fingerprint density at radius 1 is 1.15 bits per heavy atom. The monoisotopic (exact) mass is 275 g/mol. The Labute approximate surface area is 120 Å². The highest BCUT2D eigenvalue weighted by Gasteiger charge is 2.42. The quantitative estimate of drug-likeness (QED) is 0.917. The fourth-order valence-corrected chi connectivity index (χ4v) is 4.55. The Balaban J connectivity index is 1.33. The van der Waals surface area contributed by atoms with Crippen LogP contribution < -0.4 is 5.32 Å². The molecule has 0 radical (unpaired) electrons. The minimum atomic E-state index is 0.596. The van der Waals surface area contributed by atoms with E-state index in [2.05, 4.69) is 15.5 Å². The molecule has 3 aliphatic rings. The number of aryl methyl sites for hydroxylation is 1. The fourth-order valence-electron chi connectivity index (χ4n) is 4.55. The van der Waals surface area contributed by atoms with Crippen LogP contribution >= 0.6 is 0 Å². The van der Waals surface area contributed by atoms with Crippen molar-refractivity contribution in [1.82, 2.24) is 15.5 Å². The van der Waals surface area contributed by atoms with Gasteiger partial charge in [-0.15, -0.1) is 0 Å². The molecule has 3 fully saturated rings. The highest BCUT2D eigenvalue weighted by atomic mass is 16.5. The van der Waals surface area contributed by atoms with Gasteiger partial charge in [0.25, 0.3) is 0 Å². The van der Waals surface area contributed by atoms with Gasteiger partial charge in [0.05, 0.1) is 0 Å². The first-order chi connectivity index (χ1) is 9.88. The van der Waals surface area contributed by atoms with Gasteiger partial charge in [-0.05, 0) is 56.9 Å². The van der Waals surface area contributed by atoms with Crippen LogP contribution in [-0.2, 0) is 6.42 Å². The zero-order valence-electron chi connectivity index (χ0n) is 12.2. The van der Waals surface area contributed by atoms with Crippen LogP contribution in [0.4, 0.5) is 0 Å². The normalized spacial score (nSPS) is 36.6. The molecule has 1 aromatic heterocycles. The van der Waals surface area contributed by atoms with Crippen molar-refractivity contribution in [2.75, 3.05) is 6.54 Å². The lowest BCUT2D eigenvalue weighted by atomic mass is 9.88. The smallest absolute Gasteiger partial charge is 0.226 e. The highest BCUT2D eigenvalue weighted by Crippen LogP contribution is 2.52. The predicted octanol–water partition coefficient (Wildman–Crippen LogP) is 3.05. The summed E-state index contributed by atoms with van der Waals surface area (Å²) in [6, 6.07) is 0.654. The van der Waals surface area contributed by atoms with Crippen molar-refractivity contribution in [3.63, 3.8) is 0 Å². The molecule has 4 rings (SSSR count). The van der Waals surface area contributed by atoms with Gasteiger partial charge in [-0.3, -0.25) is 0 Å². The van der Waals surface area contributed by atoms with Crippen LogP contribution in [0, 0.1) is 11.8 Å². The van der Waals surface area contributed by atoms with E-state index in [-0.39, 0.29) is 0 Å². The third kappa shape index (κ3) is 2.50. The number of hydrogen-bond acceptors (Lipinski definition) is 4. The third-order valence-electron chi connectivity index (χ3n) is 5.67. The minimum absolute atomic E-state index is 0.596. The molecule has 110 valence electrons. The number of nitrogens with one attached hydrogen (secondary N) is 1. The summed E-state index contributed by atoms with van der Waals surface area (Å²) in [4.78, 5) is 4.69. The van der Waals surface area contributed by atoms with E-state index in [0.717, 1.165) is 36.4 Å². The van der Waals surface area contributed by atoms with Crippen LogP contribution in [0.3, 0.4) is 0 Å². The molecule has 4 nitrogen and oxygen atoms in total. The molecule has 4 unspecified atom stereocenters. The molecule has 0 spiro atoms. The van der Waals surface area contributed by atoms with Gasteiger partial charge in [-0.2, -0.15) is 4.98 Å². The number of aromatic nitrogens is 2. The molecule has 4 atom stereocenters. The SMILES string of the molecule is C1CCC(CCc2nc(C3CC4CCC3C4)no2)NC1. The number of nitrogens with zero attached hydrogens (tertiary/aromatic N) is 2. The Bertz CT molecular complexity index is 452. The van der Waals surface area contributed by atoms with Crippen LogP contribution in [0.25, 0.3) is 0 Å². The maximum atomic E-state index is 5.49. The van der Waals surface area contributed by atoms with Crippen LogP contribution in [0.2, 0.25) is 0 Å². The molecule has 0 amide bonds. The second kappa shape index (κ2) is 5.47. The van der Waals surface area contributed by atoms with Gasteiger partial charge in [0.2, 0.25) is 5.89 Å². The number of hydrogen-bond donors (Lipinski definition) is 1. The topological polar surface area (TPSA) is 51.0 Å². The molecule has 1 saturated heterocycles. The van der Waals surface area contributed by atoms with Gasteiger partial charge in [0.15, 0.2) is 5.82 Å². The lowest BCUT2D eigenvalue weighted by Crippen LogP contribution is -2.34. The van der Waals surface area contributed by atoms with E-state index in [1.165, 1.54) is 51.5 Å². The first kappa shape index (κ1) is 12.8. The summed E-state index contributed by atoms with van der Waals surface area (Å²) in [5.74, 6) is 4.24. The second-order valence-electron chi connectivity index (χ2n) is 7.01. The average molecular weight is 275 g/mol. The van der Waals surface area contributed by atoms with E-state index >= 15 is 0 Å². The van der Waals surface area contributed by atoms with E-state index in [1.54, 1.807) is 0 Å². The van der Waals surface area contributed by atoms with Crippen molar-refractivity contribution in [3.05, 3.63) is 11.7 Å². The predicted molar refractivity (Wildman–Crippen MR) is 76.4 cm³/mol. The summed E-state index contributed by atoms with van der Waals surface area (Å²) in [7, 11) is 0. The van der Waals surface area contributed by atoms with Crippen LogP contribution in [-0.4, -0.2) is 22.7 Å². The van der Waals surface area contributed by atoms with E-state index in [9.17, 15) is 0 Å². The molecule has 2 heterocycles. The van der Waals surface area contributed by atoms with Gasteiger partial charge in [-0.25, -0.2) is 0 Å².